The van der Waals surface area contributed by atoms with E-state index in [1.54, 1.807) is 0 Å². The zero-order valence-corrected chi connectivity index (χ0v) is 32.9. The molecular formula is C57H40N2O. The molecule has 2 unspecified atom stereocenters. The molecule has 2 heterocycles. The van der Waals surface area contributed by atoms with Gasteiger partial charge in [-0.05, 0) is 103 Å². The molecule has 8 aromatic carbocycles. The lowest BCUT2D eigenvalue weighted by Gasteiger charge is -2.34. The number of anilines is 1. The van der Waals surface area contributed by atoms with E-state index < -0.39 is 5.41 Å². The fraction of sp³-hybridized carbons (Fsp3) is 0.0702. The molecule has 2 atom stereocenters. The van der Waals surface area contributed by atoms with E-state index in [-0.39, 0.29) is 12.1 Å². The maximum Gasteiger partial charge on any atom is 0.173 e. The van der Waals surface area contributed by atoms with E-state index in [2.05, 4.69) is 206 Å². The van der Waals surface area contributed by atoms with Crippen molar-refractivity contribution in [3.8, 4) is 33.4 Å². The Bertz CT molecular complexity index is 3150. The molecule has 0 bridgehead atoms. The quantitative estimate of drug-likeness (QED) is 0.183. The van der Waals surface area contributed by atoms with Gasteiger partial charge < -0.3 is 9.73 Å². The van der Waals surface area contributed by atoms with Crippen LogP contribution in [-0.4, -0.2) is 5.71 Å². The Morgan fingerprint density at radius 3 is 1.95 bits per heavy atom. The lowest BCUT2D eigenvalue weighted by Crippen LogP contribution is -2.28. The lowest BCUT2D eigenvalue weighted by atomic mass is 9.67. The number of furan rings is 1. The van der Waals surface area contributed by atoms with Gasteiger partial charge in [0.15, 0.2) is 5.76 Å². The van der Waals surface area contributed by atoms with Crippen molar-refractivity contribution in [3.05, 3.63) is 246 Å². The van der Waals surface area contributed by atoms with E-state index in [4.69, 9.17) is 9.41 Å². The molecule has 0 fully saturated rings. The molecule has 0 radical (unpaired) electrons. The highest BCUT2D eigenvalue weighted by Crippen LogP contribution is 2.60. The van der Waals surface area contributed by atoms with Crippen molar-refractivity contribution in [3.63, 3.8) is 0 Å². The van der Waals surface area contributed by atoms with Gasteiger partial charge in [0, 0.05) is 11.3 Å². The molecule has 1 N–H and O–H groups in total. The number of fused-ring (bicyclic) bond motifs is 7. The molecule has 0 spiro atoms. The van der Waals surface area contributed by atoms with Crippen LogP contribution in [0.3, 0.4) is 0 Å². The third kappa shape index (κ3) is 5.25. The first-order valence-corrected chi connectivity index (χ1v) is 20.9. The number of hydrogen-bond acceptors (Lipinski definition) is 3. The third-order valence-corrected chi connectivity index (χ3v) is 12.9. The van der Waals surface area contributed by atoms with E-state index in [0.717, 1.165) is 45.7 Å². The van der Waals surface area contributed by atoms with Crippen molar-refractivity contribution >= 4 is 33.1 Å². The van der Waals surface area contributed by atoms with Gasteiger partial charge in [-0.2, -0.15) is 0 Å². The van der Waals surface area contributed by atoms with Crippen LogP contribution in [0.4, 0.5) is 5.69 Å². The second-order valence-corrected chi connectivity index (χ2v) is 16.1. The fourth-order valence-corrected chi connectivity index (χ4v) is 10.2. The molecule has 9 aromatic rings. The minimum atomic E-state index is -0.554. The van der Waals surface area contributed by atoms with Crippen LogP contribution < -0.4 is 5.32 Å². The van der Waals surface area contributed by atoms with Gasteiger partial charge in [0.05, 0.1) is 16.8 Å². The smallest absolute Gasteiger partial charge is 0.173 e. The Labute approximate surface area is 349 Å². The van der Waals surface area contributed by atoms with Crippen molar-refractivity contribution < 1.29 is 4.42 Å². The van der Waals surface area contributed by atoms with E-state index in [1.807, 2.05) is 12.1 Å². The number of allylic oxidation sites excluding steroid dienone is 4. The summed E-state index contributed by atoms with van der Waals surface area (Å²) in [6.45, 7) is 0. The molecule has 0 saturated carbocycles. The van der Waals surface area contributed by atoms with Crippen molar-refractivity contribution in [2.24, 2.45) is 10.9 Å². The van der Waals surface area contributed by atoms with Gasteiger partial charge in [-0.15, -0.1) is 0 Å². The summed E-state index contributed by atoms with van der Waals surface area (Å²) in [4.78, 5) is 5.35. The van der Waals surface area contributed by atoms with E-state index >= 15 is 0 Å². The molecule has 3 aliphatic rings. The molecule has 284 valence electrons. The van der Waals surface area contributed by atoms with Crippen LogP contribution in [0, 0.1) is 5.92 Å². The SMILES string of the molecule is C1=CCC(C2=NC(c3ccc(-c4ccc5c(c4)C(c4ccccc4)(c4ccccc4)c4cc6ccccc6c(-c6ccccc6)c4-5)cc3)Nc3c2oc2ccccc32)C=C1. The number of rotatable bonds is 6. The van der Waals surface area contributed by atoms with E-state index in [9.17, 15) is 0 Å². The van der Waals surface area contributed by atoms with Gasteiger partial charge in [-0.25, -0.2) is 0 Å². The zero-order chi connectivity index (χ0) is 39.6. The summed E-state index contributed by atoms with van der Waals surface area (Å²) < 4.78 is 6.46. The van der Waals surface area contributed by atoms with E-state index in [0.29, 0.717) is 0 Å². The highest BCUT2D eigenvalue weighted by molar-refractivity contribution is 6.13. The average Bonchev–Trinajstić information content (AvgIpc) is 3.85. The number of aliphatic imine (C=N–C) groups is 1. The molecule has 3 heteroatoms. The predicted octanol–water partition coefficient (Wildman–Crippen LogP) is 14.3. The molecular weight excluding hydrogens is 729 g/mol. The van der Waals surface area contributed by atoms with Gasteiger partial charge >= 0.3 is 0 Å². The molecule has 3 nitrogen and oxygen atoms in total. The summed E-state index contributed by atoms with van der Waals surface area (Å²) in [6.07, 6.45) is 9.34. The Morgan fingerprint density at radius 2 is 1.22 bits per heavy atom. The predicted molar refractivity (Wildman–Crippen MR) is 248 cm³/mol. The number of benzene rings is 8. The number of nitrogens with zero attached hydrogens (tertiary/aromatic N) is 1. The zero-order valence-electron chi connectivity index (χ0n) is 32.9. The van der Waals surface area contributed by atoms with Crippen LogP contribution in [0.25, 0.3) is 55.1 Å². The Morgan fingerprint density at radius 1 is 0.550 bits per heavy atom. The molecule has 12 rings (SSSR count). The summed E-state index contributed by atoms with van der Waals surface area (Å²) in [7, 11) is 0. The van der Waals surface area contributed by atoms with Crippen LogP contribution >= 0.6 is 0 Å². The number of hydrogen-bond donors (Lipinski definition) is 1. The summed E-state index contributed by atoms with van der Waals surface area (Å²) in [5, 5.41) is 7.35. The van der Waals surface area contributed by atoms with Gasteiger partial charge in [0.1, 0.15) is 11.7 Å². The van der Waals surface area contributed by atoms with Crippen LogP contribution in [-0.2, 0) is 5.41 Å². The highest BCUT2D eigenvalue weighted by Gasteiger charge is 2.47. The minimum absolute atomic E-state index is 0.156. The van der Waals surface area contributed by atoms with Crippen molar-refractivity contribution in [1.82, 2.24) is 0 Å². The monoisotopic (exact) mass is 768 g/mol. The van der Waals surface area contributed by atoms with Crippen molar-refractivity contribution in [2.45, 2.75) is 18.0 Å². The molecule has 0 amide bonds. The summed E-state index contributed by atoms with van der Waals surface area (Å²) in [6, 6.07) is 68.9. The maximum atomic E-state index is 6.46. The molecule has 0 saturated heterocycles. The standard InChI is InChI=1S/C57H40N2O/c1-5-17-38(18-6-1)51-45-26-14-13-21-42(45)36-49-52(51)46-34-33-41(35-48(46)57(49,43-22-9-3-10-23-43)44-24-11-4-12-25-44)37-29-31-40(32-30-37)56-58-53(39-19-7-2-8-20-39)55-54(59-56)47-27-15-16-28-50(47)60-55/h1-19,21-36,39,56,59H,20H2. The van der Waals surface area contributed by atoms with Crippen molar-refractivity contribution in [1.29, 1.82) is 0 Å². The summed E-state index contributed by atoms with van der Waals surface area (Å²) in [5.41, 5.74) is 16.0. The van der Waals surface area contributed by atoms with Gasteiger partial charge in [0.25, 0.3) is 0 Å². The van der Waals surface area contributed by atoms with Crippen LogP contribution in [0.2, 0.25) is 0 Å². The lowest BCUT2D eigenvalue weighted by molar-refractivity contribution is 0.590. The molecule has 1 aromatic heterocycles. The first-order chi connectivity index (χ1) is 29.8. The van der Waals surface area contributed by atoms with Gasteiger partial charge in [0.2, 0.25) is 0 Å². The second kappa shape index (κ2) is 13.8. The second-order valence-electron chi connectivity index (χ2n) is 16.1. The van der Waals surface area contributed by atoms with E-state index in [1.165, 1.54) is 60.8 Å². The van der Waals surface area contributed by atoms with Gasteiger partial charge in [-0.3, -0.25) is 4.99 Å². The summed E-state index contributed by atoms with van der Waals surface area (Å²) in [5.74, 6) is 1.00. The largest absolute Gasteiger partial charge is 0.453 e. The van der Waals surface area contributed by atoms with Crippen LogP contribution in [0.1, 0.15) is 46.2 Å². The topological polar surface area (TPSA) is 37.5 Å². The van der Waals surface area contributed by atoms with Gasteiger partial charge in [-0.1, -0.05) is 188 Å². The molecule has 60 heavy (non-hydrogen) atoms. The first kappa shape index (κ1) is 34.5. The normalized spacial score (nSPS) is 17.2. The Hall–Kier alpha value is -7.49. The average molecular weight is 769 g/mol. The fourth-order valence-electron chi connectivity index (χ4n) is 10.2. The Balaban J connectivity index is 1.03. The first-order valence-electron chi connectivity index (χ1n) is 20.9. The third-order valence-electron chi connectivity index (χ3n) is 12.9. The van der Waals surface area contributed by atoms with Crippen LogP contribution in [0.5, 0.6) is 0 Å². The maximum absolute atomic E-state index is 6.46. The number of para-hydroxylation sites is 1. The highest BCUT2D eigenvalue weighted by atomic mass is 16.3. The molecule has 1 aliphatic heterocycles. The van der Waals surface area contributed by atoms with Crippen LogP contribution in [0.15, 0.2) is 222 Å². The Kier molecular flexibility index (Phi) is 7.96. The minimum Gasteiger partial charge on any atom is -0.453 e. The molecule has 2 aliphatic carbocycles. The summed E-state index contributed by atoms with van der Waals surface area (Å²) >= 11 is 0. The number of nitrogens with one attached hydrogen (secondary N) is 1. The van der Waals surface area contributed by atoms with Crippen molar-refractivity contribution in [2.75, 3.05) is 5.32 Å².